The van der Waals surface area contributed by atoms with E-state index in [4.69, 9.17) is 4.74 Å². The second kappa shape index (κ2) is 5.38. The third-order valence-electron chi connectivity index (χ3n) is 2.94. The van der Waals surface area contributed by atoms with Gasteiger partial charge in [-0.1, -0.05) is 31.2 Å². The van der Waals surface area contributed by atoms with Crippen LogP contribution >= 0.6 is 0 Å². The summed E-state index contributed by atoms with van der Waals surface area (Å²) < 4.78 is 5.31. The summed E-state index contributed by atoms with van der Waals surface area (Å²) in [6.07, 6.45) is 0. The maximum absolute atomic E-state index is 11.7. The molecule has 2 nitrogen and oxygen atoms in total. The van der Waals surface area contributed by atoms with E-state index in [0.29, 0.717) is 11.7 Å². The molecule has 0 aromatic heterocycles. The standard InChI is InChI=1S/C16H22O2/c1-11(2)12(3)13-7-9-14(10-8-13)18-15(17)16(4,5)6/h7-10,12H,1H2,2-6H3. The van der Waals surface area contributed by atoms with E-state index in [9.17, 15) is 4.79 Å². The van der Waals surface area contributed by atoms with Gasteiger partial charge in [-0.25, -0.2) is 0 Å². The van der Waals surface area contributed by atoms with Crippen molar-refractivity contribution < 1.29 is 9.53 Å². The maximum Gasteiger partial charge on any atom is 0.316 e. The van der Waals surface area contributed by atoms with Crippen LogP contribution in [0.3, 0.4) is 0 Å². The van der Waals surface area contributed by atoms with Gasteiger partial charge in [0.05, 0.1) is 5.41 Å². The molecule has 0 radical (unpaired) electrons. The molecule has 1 aromatic rings. The normalized spacial score (nSPS) is 12.9. The minimum atomic E-state index is -0.482. The Morgan fingerprint density at radius 1 is 1.22 bits per heavy atom. The molecule has 2 heteroatoms. The average Bonchev–Trinajstić information content (AvgIpc) is 2.27. The lowest BCUT2D eigenvalue weighted by molar-refractivity contribution is -0.142. The van der Waals surface area contributed by atoms with Gasteiger partial charge in [0.2, 0.25) is 0 Å². The molecule has 1 unspecified atom stereocenters. The van der Waals surface area contributed by atoms with Crippen LogP contribution in [0.1, 0.15) is 46.1 Å². The van der Waals surface area contributed by atoms with Gasteiger partial charge in [0.1, 0.15) is 5.75 Å². The van der Waals surface area contributed by atoms with Crippen molar-refractivity contribution in [2.45, 2.75) is 40.5 Å². The minimum absolute atomic E-state index is 0.219. The second-order valence-electron chi connectivity index (χ2n) is 5.78. The van der Waals surface area contributed by atoms with E-state index in [-0.39, 0.29) is 5.97 Å². The van der Waals surface area contributed by atoms with Gasteiger partial charge >= 0.3 is 5.97 Å². The van der Waals surface area contributed by atoms with Crippen LogP contribution in [-0.2, 0) is 4.79 Å². The molecule has 0 aliphatic carbocycles. The van der Waals surface area contributed by atoms with Crippen molar-refractivity contribution in [1.29, 1.82) is 0 Å². The molecular formula is C16H22O2. The number of esters is 1. The number of benzene rings is 1. The highest BCUT2D eigenvalue weighted by Crippen LogP contribution is 2.25. The fraction of sp³-hybridized carbons (Fsp3) is 0.438. The van der Waals surface area contributed by atoms with Gasteiger partial charge in [-0.2, -0.15) is 0 Å². The molecule has 1 aromatic carbocycles. The zero-order chi connectivity index (χ0) is 13.9. The van der Waals surface area contributed by atoms with Crippen molar-refractivity contribution in [1.82, 2.24) is 0 Å². The van der Waals surface area contributed by atoms with E-state index in [1.54, 1.807) is 0 Å². The summed E-state index contributed by atoms with van der Waals surface area (Å²) >= 11 is 0. The summed E-state index contributed by atoms with van der Waals surface area (Å²) in [5, 5.41) is 0. The van der Waals surface area contributed by atoms with Crippen molar-refractivity contribution in [2.75, 3.05) is 0 Å². The number of hydrogen-bond donors (Lipinski definition) is 0. The Bertz CT molecular complexity index is 435. The Balaban J connectivity index is 2.78. The summed E-state index contributed by atoms with van der Waals surface area (Å²) in [4.78, 5) is 11.7. The molecule has 0 saturated heterocycles. The lowest BCUT2D eigenvalue weighted by atomic mass is 9.95. The summed E-state index contributed by atoms with van der Waals surface area (Å²) in [6.45, 7) is 13.6. The third-order valence-corrected chi connectivity index (χ3v) is 2.94. The lowest BCUT2D eigenvalue weighted by Gasteiger charge is -2.17. The summed E-state index contributed by atoms with van der Waals surface area (Å²) in [7, 11) is 0. The van der Waals surface area contributed by atoms with E-state index in [0.717, 1.165) is 5.57 Å². The minimum Gasteiger partial charge on any atom is -0.426 e. The van der Waals surface area contributed by atoms with Crippen molar-refractivity contribution in [3.8, 4) is 5.75 Å². The van der Waals surface area contributed by atoms with Crippen LogP contribution in [0.25, 0.3) is 0 Å². The van der Waals surface area contributed by atoms with Gasteiger partial charge in [-0.15, -0.1) is 0 Å². The summed E-state index contributed by atoms with van der Waals surface area (Å²) in [6, 6.07) is 7.62. The lowest BCUT2D eigenvalue weighted by Crippen LogP contribution is -2.25. The van der Waals surface area contributed by atoms with Crippen molar-refractivity contribution in [2.24, 2.45) is 5.41 Å². The molecule has 0 spiro atoms. The SMILES string of the molecule is C=C(C)C(C)c1ccc(OC(=O)C(C)(C)C)cc1. The monoisotopic (exact) mass is 246 g/mol. The number of carbonyl (C=O) groups is 1. The Labute approximate surface area is 110 Å². The molecule has 98 valence electrons. The van der Waals surface area contributed by atoms with Crippen LogP contribution < -0.4 is 4.74 Å². The fourth-order valence-corrected chi connectivity index (χ4v) is 1.37. The average molecular weight is 246 g/mol. The molecular weight excluding hydrogens is 224 g/mol. The second-order valence-corrected chi connectivity index (χ2v) is 5.78. The van der Waals surface area contributed by atoms with Gasteiger partial charge in [0.15, 0.2) is 0 Å². The first kappa shape index (κ1) is 14.5. The summed E-state index contributed by atoms with van der Waals surface area (Å²) in [5.74, 6) is 0.688. The van der Waals surface area contributed by atoms with Crippen LogP contribution in [0, 0.1) is 5.41 Å². The van der Waals surface area contributed by atoms with Gasteiger partial charge in [0.25, 0.3) is 0 Å². The molecule has 0 bridgehead atoms. The molecule has 0 heterocycles. The molecule has 0 aliphatic heterocycles. The highest BCUT2D eigenvalue weighted by atomic mass is 16.5. The Kier molecular flexibility index (Phi) is 4.33. The zero-order valence-corrected chi connectivity index (χ0v) is 11.9. The van der Waals surface area contributed by atoms with Crippen LogP contribution in [0.4, 0.5) is 0 Å². The van der Waals surface area contributed by atoms with Crippen molar-refractivity contribution >= 4 is 5.97 Å². The van der Waals surface area contributed by atoms with Gasteiger partial charge in [-0.3, -0.25) is 4.79 Å². The Hall–Kier alpha value is -1.57. The predicted octanol–water partition coefficient (Wildman–Crippen LogP) is 4.32. The number of rotatable bonds is 3. The molecule has 1 atom stereocenters. The number of ether oxygens (including phenoxy) is 1. The largest absolute Gasteiger partial charge is 0.426 e. The Morgan fingerprint density at radius 2 is 1.72 bits per heavy atom. The van der Waals surface area contributed by atoms with E-state index in [1.807, 2.05) is 52.0 Å². The first-order chi connectivity index (χ1) is 8.21. The predicted molar refractivity (Wildman–Crippen MR) is 74.8 cm³/mol. The van der Waals surface area contributed by atoms with E-state index in [1.165, 1.54) is 5.56 Å². The van der Waals surface area contributed by atoms with Crippen LogP contribution in [0.5, 0.6) is 5.75 Å². The molecule has 0 amide bonds. The van der Waals surface area contributed by atoms with Crippen LogP contribution in [0.15, 0.2) is 36.4 Å². The van der Waals surface area contributed by atoms with Crippen molar-refractivity contribution in [3.05, 3.63) is 42.0 Å². The zero-order valence-electron chi connectivity index (χ0n) is 11.9. The maximum atomic E-state index is 11.7. The highest BCUT2D eigenvalue weighted by Gasteiger charge is 2.23. The van der Waals surface area contributed by atoms with Crippen molar-refractivity contribution in [3.63, 3.8) is 0 Å². The fourth-order valence-electron chi connectivity index (χ4n) is 1.37. The molecule has 0 saturated carbocycles. The first-order valence-corrected chi connectivity index (χ1v) is 6.19. The number of hydrogen-bond acceptors (Lipinski definition) is 2. The van der Waals surface area contributed by atoms with Gasteiger partial charge in [-0.05, 0) is 45.4 Å². The van der Waals surface area contributed by atoms with E-state index >= 15 is 0 Å². The molecule has 0 aliphatic rings. The molecule has 1 rings (SSSR count). The Morgan fingerprint density at radius 3 is 2.11 bits per heavy atom. The third kappa shape index (κ3) is 3.73. The molecule has 18 heavy (non-hydrogen) atoms. The van der Waals surface area contributed by atoms with E-state index < -0.39 is 5.41 Å². The smallest absolute Gasteiger partial charge is 0.316 e. The number of allylic oxidation sites excluding steroid dienone is 1. The van der Waals surface area contributed by atoms with Gasteiger partial charge < -0.3 is 4.74 Å². The quantitative estimate of drug-likeness (QED) is 0.451. The summed E-state index contributed by atoms with van der Waals surface area (Å²) in [5.41, 5.74) is 1.82. The van der Waals surface area contributed by atoms with Crippen LogP contribution in [-0.4, -0.2) is 5.97 Å². The molecule has 0 fully saturated rings. The van der Waals surface area contributed by atoms with E-state index in [2.05, 4.69) is 13.5 Å². The number of carbonyl (C=O) groups excluding carboxylic acids is 1. The highest BCUT2D eigenvalue weighted by molar-refractivity contribution is 5.77. The topological polar surface area (TPSA) is 26.3 Å². The first-order valence-electron chi connectivity index (χ1n) is 6.19. The van der Waals surface area contributed by atoms with Gasteiger partial charge in [0, 0.05) is 5.92 Å². The van der Waals surface area contributed by atoms with Crippen LogP contribution in [0.2, 0.25) is 0 Å². The molecule has 0 N–H and O–H groups in total.